The van der Waals surface area contributed by atoms with Gasteiger partial charge < -0.3 is 10.2 Å². The Morgan fingerprint density at radius 3 is 2.54 bits per heavy atom. The third kappa shape index (κ3) is 3.94. The zero-order valence-electron chi connectivity index (χ0n) is 16.5. The van der Waals surface area contributed by atoms with Crippen molar-refractivity contribution in [2.45, 2.75) is 33.7 Å². The van der Waals surface area contributed by atoms with E-state index in [2.05, 4.69) is 44.6 Å². The Balaban J connectivity index is 1.48. The Morgan fingerprint density at radius 1 is 1.07 bits per heavy atom. The van der Waals surface area contributed by atoms with Crippen LogP contribution in [-0.4, -0.2) is 38.7 Å². The molecule has 0 spiro atoms. The van der Waals surface area contributed by atoms with Gasteiger partial charge in [-0.3, -0.25) is 4.79 Å². The monoisotopic (exact) mass is 377 g/mol. The summed E-state index contributed by atoms with van der Waals surface area (Å²) in [5, 5.41) is 7.46. The lowest BCUT2D eigenvalue weighted by Crippen LogP contribution is -3.12. The second-order valence-electron chi connectivity index (χ2n) is 7.45. The first kappa shape index (κ1) is 18.3. The number of quaternary nitrogens is 1. The molecule has 3 aromatic rings. The molecule has 0 radical (unpaired) electrons. The van der Waals surface area contributed by atoms with Gasteiger partial charge in [-0.15, -0.1) is 0 Å². The number of benzene rings is 1. The van der Waals surface area contributed by atoms with Crippen molar-refractivity contribution in [1.29, 1.82) is 0 Å². The molecule has 0 bridgehead atoms. The Morgan fingerprint density at radius 2 is 1.79 bits per heavy atom. The third-order valence-electron chi connectivity index (χ3n) is 4.98. The topological polar surface area (TPSA) is 77.1 Å². The molecule has 0 saturated heterocycles. The first-order valence-electron chi connectivity index (χ1n) is 9.57. The van der Waals surface area contributed by atoms with Gasteiger partial charge in [-0.05, 0) is 32.4 Å². The Kier molecular flexibility index (Phi) is 4.92. The van der Waals surface area contributed by atoms with E-state index in [1.54, 1.807) is 4.68 Å². The average molecular weight is 377 g/mol. The van der Waals surface area contributed by atoms with Crippen LogP contribution in [0.1, 0.15) is 28.2 Å². The molecule has 4 rings (SSSR count). The van der Waals surface area contributed by atoms with Gasteiger partial charge >= 0.3 is 0 Å². The van der Waals surface area contributed by atoms with Gasteiger partial charge in [0.05, 0.1) is 12.2 Å². The minimum atomic E-state index is -0.0279. The van der Waals surface area contributed by atoms with Gasteiger partial charge in [0, 0.05) is 29.4 Å². The Bertz CT molecular complexity index is 1010. The van der Waals surface area contributed by atoms with Crippen LogP contribution in [0.5, 0.6) is 0 Å². The number of carbonyl (C=O) groups excluding carboxylic acids is 1. The largest absolute Gasteiger partial charge is 0.323 e. The van der Waals surface area contributed by atoms with E-state index in [1.807, 2.05) is 32.9 Å². The number of aromatic nitrogens is 4. The molecule has 7 nitrogen and oxygen atoms in total. The lowest BCUT2D eigenvalue weighted by Gasteiger charge is -2.25. The van der Waals surface area contributed by atoms with Gasteiger partial charge in [0.15, 0.2) is 6.54 Å². The number of aryl methyl sites for hydroxylation is 3. The zero-order valence-corrected chi connectivity index (χ0v) is 16.5. The standard InChI is InChI=1S/C21H24N6O/c1-14-10-15(2)23-21(22-14)27-19(11-16(3)25-27)24-20(28)13-26-9-8-17-6-4-5-7-18(17)12-26/h4-7,10-11H,8-9,12-13H2,1-3H3,(H,24,28)/p+1. The molecule has 1 atom stereocenters. The predicted octanol–water partition coefficient (Wildman–Crippen LogP) is 1.17. The molecule has 28 heavy (non-hydrogen) atoms. The number of hydrogen-bond acceptors (Lipinski definition) is 4. The van der Waals surface area contributed by atoms with Gasteiger partial charge in [0.25, 0.3) is 11.9 Å². The van der Waals surface area contributed by atoms with Crippen molar-refractivity contribution in [2.75, 3.05) is 18.4 Å². The van der Waals surface area contributed by atoms with E-state index in [0.29, 0.717) is 18.3 Å². The number of carbonyl (C=O) groups is 1. The minimum absolute atomic E-state index is 0.0279. The Labute approximate surface area is 164 Å². The quantitative estimate of drug-likeness (QED) is 0.716. The van der Waals surface area contributed by atoms with Gasteiger partial charge in [-0.1, -0.05) is 24.3 Å². The highest BCUT2D eigenvalue weighted by atomic mass is 16.2. The number of nitrogens with zero attached hydrogens (tertiary/aromatic N) is 4. The number of hydrogen-bond donors (Lipinski definition) is 2. The first-order chi connectivity index (χ1) is 13.5. The molecule has 7 heteroatoms. The maximum absolute atomic E-state index is 12.7. The van der Waals surface area contributed by atoms with Crippen molar-refractivity contribution in [1.82, 2.24) is 19.7 Å². The molecule has 1 unspecified atom stereocenters. The number of amides is 1. The summed E-state index contributed by atoms with van der Waals surface area (Å²) in [6.45, 7) is 7.99. The second kappa shape index (κ2) is 7.52. The molecule has 3 heterocycles. The van der Waals surface area contributed by atoms with Crippen molar-refractivity contribution in [3.63, 3.8) is 0 Å². The summed E-state index contributed by atoms with van der Waals surface area (Å²) >= 11 is 0. The van der Waals surface area contributed by atoms with Crippen LogP contribution >= 0.6 is 0 Å². The summed E-state index contributed by atoms with van der Waals surface area (Å²) in [5.74, 6) is 1.05. The van der Waals surface area contributed by atoms with Crippen LogP contribution in [0.3, 0.4) is 0 Å². The minimum Gasteiger partial charge on any atom is -0.323 e. The molecular weight excluding hydrogens is 352 g/mol. The van der Waals surface area contributed by atoms with E-state index in [-0.39, 0.29) is 5.91 Å². The van der Waals surface area contributed by atoms with Gasteiger partial charge in [-0.25, -0.2) is 9.97 Å². The van der Waals surface area contributed by atoms with Gasteiger partial charge in [-0.2, -0.15) is 9.78 Å². The molecule has 2 N–H and O–H groups in total. The maximum Gasteiger partial charge on any atom is 0.280 e. The summed E-state index contributed by atoms with van der Waals surface area (Å²) in [6, 6.07) is 12.2. The lowest BCUT2D eigenvalue weighted by atomic mass is 10.00. The fourth-order valence-electron chi connectivity index (χ4n) is 3.75. The molecule has 1 aliphatic heterocycles. The molecular formula is C21H25N6O+. The fourth-order valence-corrected chi connectivity index (χ4v) is 3.75. The molecule has 1 amide bonds. The summed E-state index contributed by atoms with van der Waals surface area (Å²) in [7, 11) is 0. The highest BCUT2D eigenvalue weighted by molar-refractivity contribution is 5.90. The Hall–Kier alpha value is -3.06. The fraction of sp³-hybridized carbons (Fsp3) is 0.333. The van der Waals surface area contributed by atoms with Gasteiger partial charge in [0.2, 0.25) is 0 Å². The molecule has 144 valence electrons. The molecule has 0 fully saturated rings. The van der Waals surface area contributed by atoms with E-state index in [1.165, 1.54) is 16.0 Å². The lowest BCUT2D eigenvalue weighted by molar-refractivity contribution is -0.907. The van der Waals surface area contributed by atoms with E-state index < -0.39 is 0 Å². The van der Waals surface area contributed by atoms with E-state index in [0.717, 1.165) is 36.6 Å². The number of rotatable bonds is 4. The molecule has 0 aliphatic carbocycles. The zero-order chi connectivity index (χ0) is 19.7. The third-order valence-corrected chi connectivity index (χ3v) is 4.98. The highest BCUT2D eigenvalue weighted by Gasteiger charge is 2.22. The summed E-state index contributed by atoms with van der Waals surface area (Å²) < 4.78 is 1.61. The van der Waals surface area contributed by atoms with E-state index in [4.69, 9.17) is 0 Å². The van der Waals surface area contributed by atoms with E-state index >= 15 is 0 Å². The van der Waals surface area contributed by atoms with Crippen LogP contribution in [0.15, 0.2) is 36.4 Å². The van der Waals surface area contributed by atoms with Crippen LogP contribution in [-0.2, 0) is 17.8 Å². The SMILES string of the molecule is Cc1cc(C)nc(-n2nc(C)cc2NC(=O)C[NH+]2CCc3ccccc3C2)n1. The predicted molar refractivity (Wildman–Crippen MR) is 107 cm³/mol. The summed E-state index contributed by atoms with van der Waals surface area (Å²) in [5.41, 5.74) is 5.26. The van der Waals surface area contributed by atoms with Crippen LogP contribution in [0.2, 0.25) is 0 Å². The number of fused-ring (bicyclic) bond motifs is 1. The molecule has 0 saturated carbocycles. The van der Waals surface area contributed by atoms with Crippen LogP contribution in [0, 0.1) is 20.8 Å². The van der Waals surface area contributed by atoms with Crippen molar-refractivity contribution in [2.24, 2.45) is 0 Å². The average Bonchev–Trinajstić information content (AvgIpc) is 3.01. The maximum atomic E-state index is 12.7. The van der Waals surface area contributed by atoms with Crippen LogP contribution in [0.25, 0.3) is 5.95 Å². The summed E-state index contributed by atoms with van der Waals surface area (Å²) in [4.78, 5) is 22.9. The van der Waals surface area contributed by atoms with Crippen molar-refractivity contribution < 1.29 is 9.69 Å². The van der Waals surface area contributed by atoms with Crippen LogP contribution in [0.4, 0.5) is 5.82 Å². The normalized spacial score (nSPS) is 15.9. The van der Waals surface area contributed by atoms with Crippen molar-refractivity contribution >= 4 is 11.7 Å². The second-order valence-corrected chi connectivity index (χ2v) is 7.45. The molecule has 1 aromatic carbocycles. The first-order valence-corrected chi connectivity index (χ1v) is 9.57. The van der Waals surface area contributed by atoms with Crippen LogP contribution < -0.4 is 10.2 Å². The molecule has 2 aromatic heterocycles. The van der Waals surface area contributed by atoms with Crippen molar-refractivity contribution in [3.05, 3.63) is 64.6 Å². The smallest absolute Gasteiger partial charge is 0.280 e. The van der Waals surface area contributed by atoms with Crippen molar-refractivity contribution in [3.8, 4) is 5.95 Å². The summed E-state index contributed by atoms with van der Waals surface area (Å²) in [6.07, 6.45) is 1.01. The van der Waals surface area contributed by atoms with E-state index in [9.17, 15) is 4.79 Å². The van der Waals surface area contributed by atoms with Gasteiger partial charge in [0.1, 0.15) is 12.4 Å². The highest BCUT2D eigenvalue weighted by Crippen LogP contribution is 2.15. The number of nitrogens with one attached hydrogen (secondary N) is 2. The molecule has 1 aliphatic rings. The number of anilines is 1.